The van der Waals surface area contributed by atoms with Gasteiger partial charge in [-0.05, 0) is 36.2 Å². The smallest absolute Gasteiger partial charge is 0.243 e. The van der Waals surface area contributed by atoms with Crippen molar-refractivity contribution in [3.05, 3.63) is 53.6 Å². The van der Waals surface area contributed by atoms with Crippen molar-refractivity contribution in [2.45, 2.75) is 11.3 Å². The fraction of sp³-hybridized carbons (Fsp3) is 0.200. The normalized spacial score (nSPS) is 13.3. The molecule has 0 fully saturated rings. The molecule has 1 N–H and O–H groups in total. The van der Waals surface area contributed by atoms with Crippen molar-refractivity contribution < 1.29 is 26.7 Å². The molecular formula is C15H13F2NO4S. The predicted octanol–water partition coefficient (Wildman–Crippen LogP) is 2.21. The van der Waals surface area contributed by atoms with E-state index in [0.29, 0.717) is 24.0 Å². The van der Waals surface area contributed by atoms with Crippen molar-refractivity contribution in [2.75, 3.05) is 13.3 Å². The standard InChI is InChI=1S/C15H13F2NO4S/c16-11-2-4-15(12(17)8-11)23(19,20)18-6-5-10-1-3-13-14(7-10)22-9-21-13/h1-4,7-8,18H,5-6,9H2. The highest BCUT2D eigenvalue weighted by Crippen LogP contribution is 2.32. The minimum Gasteiger partial charge on any atom is -0.454 e. The second-order valence-corrected chi connectivity index (χ2v) is 6.65. The predicted molar refractivity (Wildman–Crippen MR) is 77.8 cm³/mol. The number of nitrogens with one attached hydrogen (secondary N) is 1. The molecule has 3 rings (SSSR count). The van der Waals surface area contributed by atoms with Crippen molar-refractivity contribution in [3.8, 4) is 11.5 Å². The Hall–Kier alpha value is -2.19. The molecule has 0 saturated carbocycles. The van der Waals surface area contributed by atoms with Gasteiger partial charge < -0.3 is 9.47 Å². The molecule has 0 unspecified atom stereocenters. The quantitative estimate of drug-likeness (QED) is 0.906. The van der Waals surface area contributed by atoms with Gasteiger partial charge in [-0.1, -0.05) is 6.07 Å². The first-order valence-corrected chi connectivity index (χ1v) is 8.27. The largest absolute Gasteiger partial charge is 0.454 e. The summed E-state index contributed by atoms with van der Waals surface area (Å²) in [7, 11) is -4.04. The fourth-order valence-electron chi connectivity index (χ4n) is 2.20. The van der Waals surface area contributed by atoms with Gasteiger partial charge in [-0.25, -0.2) is 21.9 Å². The Morgan fingerprint density at radius 2 is 1.83 bits per heavy atom. The van der Waals surface area contributed by atoms with Crippen molar-refractivity contribution >= 4 is 10.0 Å². The van der Waals surface area contributed by atoms with Gasteiger partial charge in [0, 0.05) is 12.6 Å². The van der Waals surface area contributed by atoms with Gasteiger partial charge in [0.1, 0.15) is 16.5 Å². The molecule has 0 spiro atoms. The lowest BCUT2D eigenvalue weighted by Gasteiger charge is -2.08. The van der Waals surface area contributed by atoms with Crippen LogP contribution >= 0.6 is 0 Å². The number of hydrogen-bond donors (Lipinski definition) is 1. The van der Waals surface area contributed by atoms with Gasteiger partial charge in [0.2, 0.25) is 16.8 Å². The van der Waals surface area contributed by atoms with Crippen LogP contribution in [0.4, 0.5) is 8.78 Å². The van der Waals surface area contributed by atoms with E-state index >= 15 is 0 Å². The van der Waals surface area contributed by atoms with E-state index in [1.165, 1.54) is 0 Å². The molecule has 1 aliphatic rings. The van der Waals surface area contributed by atoms with Crippen LogP contribution in [0.2, 0.25) is 0 Å². The summed E-state index contributed by atoms with van der Waals surface area (Å²) in [6.07, 6.45) is 0.388. The third-order valence-corrected chi connectivity index (χ3v) is 4.82. The van der Waals surface area contributed by atoms with E-state index in [-0.39, 0.29) is 13.3 Å². The minimum atomic E-state index is -4.04. The molecule has 23 heavy (non-hydrogen) atoms. The summed E-state index contributed by atoms with van der Waals surface area (Å²) in [5, 5.41) is 0. The van der Waals surface area contributed by atoms with E-state index < -0.39 is 26.6 Å². The lowest BCUT2D eigenvalue weighted by atomic mass is 10.1. The Kier molecular flexibility index (Phi) is 4.18. The maximum Gasteiger partial charge on any atom is 0.243 e. The summed E-state index contributed by atoms with van der Waals surface area (Å²) in [4.78, 5) is -0.579. The summed E-state index contributed by atoms with van der Waals surface area (Å²) < 4.78 is 63.2. The van der Waals surface area contributed by atoms with Gasteiger partial charge in [-0.3, -0.25) is 0 Å². The van der Waals surface area contributed by atoms with Crippen LogP contribution in [-0.2, 0) is 16.4 Å². The minimum absolute atomic E-state index is 0.0682. The third-order valence-electron chi connectivity index (χ3n) is 3.33. The molecule has 0 atom stereocenters. The highest BCUT2D eigenvalue weighted by molar-refractivity contribution is 7.89. The number of benzene rings is 2. The van der Waals surface area contributed by atoms with Gasteiger partial charge in [0.15, 0.2) is 11.5 Å². The summed E-state index contributed by atoms with van der Waals surface area (Å²) in [6, 6.07) is 7.62. The molecule has 5 nitrogen and oxygen atoms in total. The van der Waals surface area contributed by atoms with Gasteiger partial charge in [0.25, 0.3) is 0 Å². The van der Waals surface area contributed by atoms with E-state index in [9.17, 15) is 17.2 Å². The van der Waals surface area contributed by atoms with Crippen LogP contribution in [0.5, 0.6) is 11.5 Å². The second-order valence-electron chi connectivity index (χ2n) is 4.91. The van der Waals surface area contributed by atoms with E-state index in [1.54, 1.807) is 18.2 Å². The first-order chi connectivity index (χ1) is 11.0. The number of fused-ring (bicyclic) bond motifs is 1. The molecule has 1 aliphatic heterocycles. The van der Waals surface area contributed by atoms with Gasteiger partial charge in [-0.2, -0.15) is 0 Å². The Morgan fingerprint density at radius 1 is 1.04 bits per heavy atom. The lowest BCUT2D eigenvalue weighted by molar-refractivity contribution is 0.174. The molecule has 8 heteroatoms. The molecule has 2 aromatic rings. The highest BCUT2D eigenvalue weighted by Gasteiger charge is 2.19. The summed E-state index contributed by atoms with van der Waals surface area (Å²) in [5.74, 6) is -0.708. The van der Waals surface area contributed by atoms with E-state index in [2.05, 4.69) is 4.72 Å². The zero-order valence-corrected chi connectivity index (χ0v) is 12.7. The average molecular weight is 341 g/mol. The first-order valence-electron chi connectivity index (χ1n) is 6.79. The zero-order valence-electron chi connectivity index (χ0n) is 11.9. The second kappa shape index (κ2) is 6.13. The Morgan fingerprint density at radius 3 is 2.61 bits per heavy atom. The van der Waals surface area contributed by atoms with Crippen molar-refractivity contribution in [2.24, 2.45) is 0 Å². The number of rotatable bonds is 5. The molecular weight excluding hydrogens is 328 g/mol. The summed E-state index contributed by atoms with van der Waals surface area (Å²) in [5.41, 5.74) is 0.844. The molecule has 0 aliphatic carbocycles. The van der Waals surface area contributed by atoms with Crippen LogP contribution in [0.3, 0.4) is 0 Å². The van der Waals surface area contributed by atoms with Gasteiger partial charge in [-0.15, -0.1) is 0 Å². The number of ether oxygens (including phenoxy) is 2. The van der Waals surface area contributed by atoms with Gasteiger partial charge >= 0.3 is 0 Å². The number of halogens is 2. The number of sulfonamides is 1. The van der Waals surface area contributed by atoms with E-state index in [0.717, 1.165) is 17.7 Å². The highest BCUT2D eigenvalue weighted by atomic mass is 32.2. The molecule has 0 bridgehead atoms. The van der Waals surface area contributed by atoms with E-state index in [1.807, 2.05) is 0 Å². The van der Waals surface area contributed by atoms with Crippen LogP contribution < -0.4 is 14.2 Å². The van der Waals surface area contributed by atoms with Crippen molar-refractivity contribution in [3.63, 3.8) is 0 Å². The van der Waals surface area contributed by atoms with Crippen LogP contribution in [0.25, 0.3) is 0 Å². The first kappa shape index (κ1) is 15.7. The Bertz CT molecular complexity index is 839. The van der Waals surface area contributed by atoms with Crippen molar-refractivity contribution in [1.82, 2.24) is 4.72 Å². The van der Waals surface area contributed by atoms with Crippen LogP contribution in [0.1, 0.15) is 5.56 Å². The topological polar surface area (TPSA) is 64.6 Å². The summed E-state index contributed by atoms with van der Waals surface area (Å²) >= 11 is 0. The zero-order chi connectivity index (χ0) is 16.4. The monoisotopic (exact) mass is 341 g/mol. The molecule has 0 radical (unpaired) electrons. The maximum atomic E-state index is 13.6. The Labute approximate surface area is 131 Å². The fourth-order valence-corrected chi connectivity index (χ4v) is 3.29. The molecule has 2 aromatic carbocycles. The maximum absolute atomic E-state index is 13.6. The van der Waals surface area contributed by atoms with Gasteiger partial charge in [0.05, 0.1) is 0 Å². The van der Waals surface area contributed by atoms with Crippen LogP contribution in [-0.4, -0.2) is 21.8 Å². The molecule has 0 aromatic heterocycles. The lowest BCUT2D eigenvalue weighted by Crippen LogP contribution is -2.26. The Balaban J connectivity index is 1.65. The molecule has 0 saturated heterocycles. The molecule has 1 heterocycles. The molecule has 122 valence electrons. The van der Waals surface area contributed by atoms with Crippen molar-refractivity contribution in [1.29, 1.82) is 0 Å². The third kappa shape index (κ3) is 3.43. The van der Waals surface area contributed by atoms with Crippen LogP contribution in [0.15, 0.2) is 41.3 Å². The van der Waals surface area contributed by atoms with Crippen LogP contribution in [0, 0.1) is 11.6 Å². The molecule has 0 amide bonds. The average Bonchev–Trinajstić information content (AvgIpc) is 2.94. The number of hydrogen-bond acceptors (Lipinski definition) is 4. The van der Waals surface area contributed by atoms with E-state index in [4.69, 9.17) is 9.47 Å². The summed E-state index contributed by atoms with van der Waals surface area (Å²) in [6.45, 7) is 0.230. The SMILES string of the molecule is O=S(=O)(NCCc1ccc2c(c1)OCO2)c1ccc(F)cc1F.